The summed E-state index contributed by atoms with van der Waals surface area (Å²) in [5, 5.41) is 4.04. The topological polar surface area (TPSA) is 72.4 Å². The fraction of sp³-hybridized carbons (Fsp3) is 0.562. The third-order valence-electron chi connectivity index (χ3n) is 4.03. The molecule has 1 aliphatic rings. The van der Waals surface area contributed by atoms with Crippen molar-refractivity contribution in [2.75, 3.05) is 13.1 Å². The Labute approximate surface area is 129 Å². The minimum Gasteiger partial charge on any atom is -0.459 e. The van der Waals surface area contributed by atoms with Crippen LogP contribution in [0.2, 0.25) is 0 Å². The van der Waals surface area contributed by atoms with Gasteiger partial charge in [-0.3, -0.25) is 4.79 Å². The SMILES string of the molecule is CCCCc1noc([C@@H]2CCCN(C(=O)c3ccco3)C2)n1. The summed E-state index contributed by atoms with van der Waals surface area (Å²) in [6.07, 6.45) is 6.45. The number of hydrogen-bond acceptors (Lipinski definition) is 5. The molecule has 6 heteroatoms. The van der Waals surface area contributed by atoms with Crippen LogP contribution in [0.5, 0.6) is 0 Å². The number of piperidine rings is 1. The molecule has 2 aromatic heterocycles. The summed E-state index contributed by atoms with van der Waals surface area (Å²) in [7, 11) is 0. The van der Waals surface area contributed by atoms with Crippen molar-refractivity contribution >= 4 is 5.91 Å². The molecule has 1 aliphatic heterocycles. The van der Waals surface area contributed by atoms with Gasteiger partial charge in [-0.25, -0.2) is 0 Å². The molecular weight excluding hydrogens is 282 g/mol. The van der Waals surface area contributed by atoms with E-state index in [1.807, 2.05) is 4.90 Å². The van der Waals surface area contributed by atoms with Gasteiger partial charge in [0.05, 0.1) is 12.2 Å². The van der Waals surface area contributed by atoms with Crippen LogP contribution in [-0.2, 0) is 6.42 Å². The van der Waals surface area contributed by atoms with Gasteiger partial charge in [0.15, 0.2) is 11.6 Å². The third-order valence-corrected chi connectivity index (χ3v) is 4.03. The summed E-state index contributed by atoms with van der Waals surface area (Å²) in [5.41, 5.74) is 0. The van der Waals surface area contributed by atoms with Crippen LogP contribution in [0.15, 0.2) is 27.3 Å². The largest absolute Gasteiger partial charge is 0.459 e. The molecule has 0 saturated carbocycles. The Hall–Kier alpha value is -2.11. The van der Waals surface area contributed by atoms with Crippen LogP contribution in [0.25, 0.3) is 0 Å². The molecule has 1 amide bonds. The zero-order valence-corrected chi connectivity index (χ0v) is 12.8. The maximum absolute atomic E-state index is 12.3. The Morgan fingerprint density at radius 2 is 2.41 bits per heavy atom. The molecule has 3 heterocycles. The smallest absolute Gasteiger partial charge is 0.289 e. The first-order chi connectivity index (χ1) is 10.8. The number of aryl methyl sites for hydroxylation is 1. The van der Waals surface area contributed by atoms with Crippen LogP contribution in [0.4, 0.5) is 0 Å². The van der Waals surface area contributed by atoms with E-state index in [1.54, 1.807) is 12.1 Å². The van der Waals surface area contributed by atoms with Crippen molar-refractivity contribution in [2.24, 2.45) is 0 Å². The molecule has 1 fully saturated rings. The van der Waals surface area contributed by atoms with E-state index in [9.17, 15) is 4.79 Å². The first-order valence-corrected chi connectivity index (χ1v) is 7.93. The quantitative estimate of drug-likeness (QED) is 0.849. The summed E-state index contributed by atoms with van der Waals surface area (Å²) in [6.45, 7) is 3.49. The normalized spacial score (nSPS) is 18.6. The molecule has 0 unspecified atom stereocenters. The predicted octanol–water partition coefficient (Wildman–Crippen LogP) is 3.03. The number of aromatic nitrogens is 2. The second-order valence-corrected chi connectivity index (χ2v) is 5.72. The number of nitrogens with zero attached hydrogens (tertiary/aromatic N) is 3. The van der Waals surface area contributed by atoms with E-state index in [-0.39, 0.29) is 11.8 Å². The van der Waals surface area contributed by atoms with Crippen LogP contribution in [-0.4, -0.2) is 34.0 Å². The Morgan fingerprint density at radius 3 is 3.18 bits per heavy atom. The number of carbonyl (C=O) groups is 1. The third kappa shape index (κ3) is 3.21. The minimum atomic E-state index is -0.0691. The molecule has 0 radical (unpaired) electrons. The lowest BCUT2D eigenvalue weighted by Crippen LogP contribution is -2.39. The van der Waals surface area contributed by atoms with Crippen molar-refractivity contribution in [1.29, 1.82) is 0 Å². The highest BCUT2D eigenvalue weighted by atomic mass is 16.5. The van der Waals surface area contributed by atoms with Crippen LogP contribution in [0.3, 0.4) is 0 Å². The summed E-state index contributed by atoms with van der Waals surface area (Å²) < 4.78 is 10.6. The van der Waals surface area contributed by atoms with Gasteiger partial charge in [-0.2, -0.15) is 4.98 Å². The second-order valence-electron chi connectivity index (χ2n) is 5.72. The molecule has 2 aromatic rings. The summed E-state index contributed by atoms with van der Waals surface area (Å²) in [5.74, 6) is 1.86. The molecule has 0 aromatic carbocycles. The van der Waals surface area contributed by atoms with Gasteiger partial charge in [-0.05, 0) is 31.4 Å². The molecule has 1 atom stereocenters. The molecule has 0 spiro atoms. The average molecular weight is 303 g/mol. The fourth-order valence-electron chi connectivity index (χ4n) is 2.79. The zero-order chi connectivity index (χ0) is 15.4. The van der Waals surface area contributed by atoms with E-state index in [2.05, 4.69) is 17.1 Å². The molecule has 6 nitrogen and oxygen atoms in total. The van der Waals surface area contributed by atoms with E-state index in [4.69, 9.17) is 8.94 Å². The molecular formula is C16H21N3O3. The van der Waals surface area contributed by atoms with E-state index < -0.39 is 0 Å². The Morgan fingerprint density at radius 1 is 1.50 bits per heavy atom. The van der Waals surface area contributed by atoms with Crippen LogP contribution >= 0.6 is 0 Å². The van der Waals surface area contributed by atoms with Crippen LogP contribution in [0.1, 0.15) is 60.8 Å². The van der Waals surface area contributed by atoms with Crippen molar-refractivity contribution < 1.29 is 13.7 Å². The Balaban J connectivity index is 1.65. The van der Waals surface area contributed by atoms with Gasteiger partial charge in [0.1, 0.15) is 0 Å². The molecule has 3 rings (SSSR count). The van der Waals surface area contributed by atoms with Gasteiger partial charge in [0, 0.05) is 19.5 Å². The van der Waals surface area contributed by atoms with Crippen molar-refractivity contribution in [3.05, 3.63) is 35.9 Å². The number of carbonyl (C=O) groups excluding carboxylic acids is 1. The number of hydrogen-bond donors (Lipinski definition) is 0. The highest BCUT2D eigenvalue weighted by Crippen LogP contribution is 2.26. The molecule has 118 valence electrons. The molecule has 0 bridgehead atoms. The summed E-state index contributed by atoms with van der Waals surface area (Å²) in [4.78, 5) is 18.6. The van der Waals surface area contributed by atoms with E-state index >= 15 is 0 Å². The second kappa shape index (κ2) is 6.77. The average Bonchev–Trinajstić information content (AvgIpc) is 3.24. The van der Waals surface area contributed by atoms with E-state index in [0.29, 0.717) is 18.2 Å². The number of unbranched alkanes of at least 4 members (excludes halogenated alkanes) is 1. The number of rotatable bonds is 5. The lowest BCUT2D eigenvalue weighted by Gasteiger charge is -2.30. The highest BCUT2D eigenvalue weighted by molar-refractivity contribution is 5.91. The number of furan rings is 1. The van der Waals surface area contributed by atoms with E-state index in [0.717, 1.165) is 44.5 Å². The first-order valence-electron chi connectivity index (χ1n) is 7.93. The molecule has 0 aliphatic carbocycles. The standard InChI is InChI=1S/C16H21N3O3/c1-2-3-8-14-17-15(22-18-14)12-6-4-9-19(11-12)16(20)13-7-5-10-21-13/h5,7,10,12H,2-4,6,8-9,11H2,1H3/t12-/m1/s1. The minimum absolute atomic E-state index is 0.0691. The Kier molecular flexibility index (Phi) is 4.56. The monoisotopic (exact) mass is 303 g/mol. The number of amides is 1. The van der Waals surface area contributed by atoms with Gasteiger partial charge >= 0.3 is 0 Å². The van der Waals surface area contributed by atoms with E-state index in [1.165, 1.54) is 6.26 Å². The lowest BCUT2D eigenvalue weighted by molar-refractivity contribution is 0.0663. The van der Waals surface area contributed by atoms with Crippen molar-refractivity contribution in [3.8, 4) is 0 Å². The lowest BCUT2D eigenvalue weighted by atomic mass is 9.97. The summed E-state index contributed by atoms with van der Waals surface area (Å²) in [6, 6.07) is 3.42. The van der Waals surface area contributed by atoms with Gasteiger partial charge < -0.3 is 13.8 Å². The van der Waals surface area contributed by atoms with Gasteiger partial charge in [-0.1, -0.05) is 18.5 Å². The zero-order valence-electron chi connectivity index (χ0n) is 12.8. The summed E-state index contributed by atoms with van der Waals surface area (Å²) >= 11 is 0. The van der Waals surface area contributed by atoms with Crippen LogP contribution < -0.4 is 0 Å². The molecule has 22 heavy (non-hydrogen) atoms. The number of likely N-dealkylation sites (tertiary alicyclic amines) is 1. The molecule has 1 saturated heterocycles. The molecule has 0 N–H and O–H groups in total. The van der Waals surface area contributed by atoms with Crippen LogP contribution in [0, 0.1) is 0 Å². The van der Waals surface area contributed by atoms with Crippen molar-refractivity contribution in [3.63, 3.8) is 0 Å². The van der Waals surface area contributed by atoms with Gasteiger partial charge in [0.25, 0.3) is 5.91 Å². The van der Waals surface area contributed by atoms with Gasteiger partial charge in [0.2, 0.25) is 5.89 Å². The predicted molar refractivity (Wildman–Crippen MR) is 79.5 cm³/mol. The maximum atomic E-state index is 12.3. The first kappa shape index (κ1) is 14.8. The van der Waals surface area contributed by atoms with Crippen molar-refractivity contribution in [1.82, 2.24) is 15.0 Å². The Bertz CT molecular complexity index is 606. The fourth-order valence-corrected chi connectivity index (χ4v) is 2.79. The van der Waals surface area contributed by atoms with Crippen molar-refractivity contribution in [2.45, 2.75) is 44.9 Å². The maximum Gasteiger partial charge on any atom is 0.289 e. The highest BCUT2D eigenvalue weighted by Gasteiger charge is 2.29. The van der Waals surface area contributed by atoms with Gasteiger partial charge in [-0.15, -0.1) is 0 Å².